The topological polar surface area (TPSA) is 62.1 Å². The summed E-state index contributed by atoms with van der Waals surface area (Å²) in [6.07, 6.45) is 3.93. The first-order chi connectivity index (χ1) is 13.7. The molecule has 1 N–H and O–H groups in total. The van der Waals surface area contributed by atoms with Crippen molar-refractivity contribution in [3.63, 3.8) is 0 Å². The standard InChI is InChI=1S/C22H24N2O3S/c1-2-3-13-23-22-24(18-7-5-4-6-8-18)21(26)20(28-22)16-17-9-11-19(12-10-17)27-15-14-25/h4-12,16,25H,2-3,13-15H2,1H3/b20-16-,23-22?. The summed E-state index contributed by atoms with van der Waals surface area (Å²) in [7, 11) is 0. The summed E-state index contributed by atoms with van der Waals surface area (Å²) < 4.78 is 5.38. The van der Waals surface area contributed by atoms with E-state index < -0.39 is 0 Å². The fourth-order valence-corrected chi connectivity index (χ4v) is 3.70. The van der Waals surface area contributed by atoms with E-state index in [2.05, 4.69) is 11.9 Å². The number of hydrogen-bond donors (Lipinski definition) is 1. The highest BCUT2D eigenvalue weighted by Crippen LogP contribution is 2.36. The lowest BCUT2D eigenvalue weighted by molar-refractivity contribution is -0.113. The monoisotopic (exact) mass is 396 g/mol. The summed E-state index contributed by atoms with van der Waals surface area (Å²) in [4.78, 5) is 20.1. The van der Waals surface area contributed by atoms with Crippen molar-refractivity contribution in [3.05, 3.63) is 65.1 Å². The van der Waals surface area contributed by atoms with Crippen LogP contribution < -0.4 is 9.64 Å². The largest absolute Gasteiger partial charge is 0.491 e. The highest BCUT2D eigenvalue weighted by atomic mass is 32.2. The number of ether oxygens (including phenoxy) is 1. The van der Waals surface area contributed by atoms with Crippen molar-refractivity contribution in [2.75, 3.05) is 24.7 Å². The number of thioether (sulfide) groups is 1. The Morgan fingerprint density at radius 1 is 1.14 bits per heavy atom. The summed E-state index contributed by atoms with van der Waals surface area (Å²) in [5.74, 6) is 0.626. The molecule has 1 amide bonds. The van der Waals surface area contributed by atoms with Crippen molar-refractivity contribution >= 4 is 34.6 Å². The number of rotatable bonds is 8. The number of aliphatic hydroxyl groups excluding tert-OH is 1. The minimum absolute atomic E-state index is 0.0214. The SMILES string of the molecule is CCCCN=C1S/C(=C\c2ccc(OCCO)cc2)C(=O)N1c1ccccc1. The summed E-state index contributed by atoms with van der Waals surface area (Å²) in [6.45, 7) is 3.08. The Balaban J connectivity index is 1.84. The first kappa shape index (κ1) is 20.2. The van der Waals surface area contributed by atoms with Crippen molar-refractivity contribution in [2.24, 2.45) is 4.99 Å². The number of hydrogen-bond acceptors (Lipinski definition) is 5. The lowest BCUT2D eigenvalue weighted by atomic mass is 10.2. The van der Waals surface area contributed by atoms with Gasteiger partial charge in [-0.1, -0.05) is 43.7 Å². The number of amidine groups is 1. The molecule has 1 fully saturated rings. The van der Waals surface area contributed by atoms with Crippen LogP contribution in [0.25, 0.3) is 6.08 Å². The zero-order valence-corrected chi connectivity index (χ0v) is 16.7. The molecule has 1 saturated heterocycles. The molecule has 5 nitrogen and oxygen atoms in total. The molecular weight excluding hydrogens is 372 g/mol. The number of benzene rings is 2. The van der Waals surface area contributed by atoms with E-state index in [4.69, 9.17) is 9.84 Å². The number of para-hydroxylation sites is 1. The third kappa shape index (κ3) is 5.03. The van der Waals surface area contributed by atoms with Crippen LogP contribution in [0.3, 0.4) is 0 Å². The summed E-state index contributed by atoms with van der Waals surface area (Å²) in [5, 5.41) is 9.55. The lowest BCUT2D eigenvalue weighted by Crippen LogP contribution is -2.28. The minimum atomic E-state index is -0.0629. The number of amides is 1. The Labute approximate surface area is 169 Å². The quantitative estimate of drug-likeness (QED) is 0.533. The molecule has 1 aliphatic rings. The predicted octanol–water partition coefficient (Wildman–Crippen LogP) is 4.33. The van der Waals surface area contributed by atoms with Crippen molar-refractivity contribution in [1.29, 1.82) is 0 Å². The van der Waals surface area contributed by atoms with Gasteiger partial charge in [0.1, 0.15) is 12.4 Å². The number of aliphatic imine (C=N–C) groups is 1. The molecule has 0 spiro atoms. The molecule has 28 heavy (non-hydrogen) atoms. The Bertz CT molecular complexity index is 848. The summed E-state index contributed by atoms with van der Waals surface area (Å²) in [6, 6.07) is 17.1. The molecule has 1 heterocycles. The maximum Gasteiger partial charge on any atom is 0.271 e. The van der Waals surface area contributed by atoms with E-state index in [1.807, 2.05) is 60.7 Å². The minimum Gasteiger partial charge on any atom is -0.491 e. The van der Waals surface area contributed by atoms with E-state index in [1.165, 1.54) is 11.8 Å². The normalized spacial score (nSPS) is 16.9. The average molecular weight is 397 g/mol. The van der Waals surface area contributed by atoms with Crippen LogP contribution in [0.2, 0.25) is 0 Å². The van der Waals surface area contributed by atoms with Crippen LogP contribution in [0, 0.1) is 0 Å². The van der Waals surface area contributed by atoms with Gasteiger partial charge >= 0.3 is 0 Å². The molecular formula is C22H24N2O3S. The molecule has 0 aromatic heterocycles. The van der Waals surface area contributed by atoms with Gasteiger partial charge in [-0.2, -0.15) is 0 Å². The van der Waals surface area contributed by atoms with Gasteiger partial charge in [-0.05, 0) is 54.1 Å². The molecule has 6 heteroatoms. The van der Waals surface area contributed by atoms with Crippen LogP contribution in [-0.2, 0) is 4.79 Å². The number of aliphatic hydroxyl groups is 1. The van der Waals surface area contributed by atoms with E-state index in [1.54, 1.807) is 4.90 Å². The number of carbonyl (C=O) groups is 1. The molecule has 1 aliphatic heterocycles. The van der Waals surface area contributed by atoms with Crippen LogP contribution in [0.5, 0.6) is 5.75 Å². The van der Waals surface area contributed by atoms with Crippen LogP contribution in [0.15, 0.2) is 64.5 Å². The Kier molecular flexibility index (Phi) is 7.28. The Morgan fingerprint density at radius 2 is 1.89 bits per heavy atom. The van der Waals surface area contributed by atoms with Crippen LogP contribution in [0.1, 0.15) is 25.3 Å². The highest BCUT2D eigenvalue weighted by molar-refractivity contribution is 8.19. The molecule has 2 aromatic rings. The first-order valence-corrected chi connectivity index (χ1v) is 10.2. The smallest absolute Gasteiger partial charge is 0.271 e. The number of unbranched alkanes of at least 4 members (excludes halogenated alkanes) is 1. The molecule has 0 radical (unpaired) electrons. The van der Waals surface area contributed by atoms with Gasteiger partial charge in [0.25, 0.3) is 5.91 Å². The maximum atomic E-state index is 13.1. The van der Waals surface area contributed by atoms with E-state index >= 15 is 0 Å². The number of nitrogens with zero attached hydrogens (tertiary/aromatic N) is 2. The second-order valence-corrected chi connectivity index (χ2v) is 7.25. The van der Waals surface area contributed by atoms with Crippen molar-refractivity contribution in [3.8, 4) is 5.75 Å². The van der Waals surface area contributed by atoms with Gasteiger partial charge in [-0.3, -0.25) is 14.7 Å². The number of carbonyl (C=O) groups excluding carboxylic acids is 1. The zero-order valence-electron chi connectivity index (χ0n) is 15.9. The van der Waals surface area contributed by atoms with Crippen LogP contribution in [0.4, 0.5) is 5.69 Å². The third-order valence-corrected chi connectivity index (χ3v) is 5.12. The number of anilines is 1. The molecule has 0 saturated carbocycles. The molecule has 3 rings (SSSR count). The van der Waals surface area contributed by atoms with Gasteiger partial charge in [0.05, 0.1) is 17.2 Å². The van der Waals surface area contributed by atoms with Gasteiger partial charge in [0, 0.05) is 6.54 Å². The predicted molar refractivity (Wildman–Crippen MR) is 116 cm³/mol. The molecule has 0 aliphatic carbocycles. The zero-order chi connectivity index (χ0) is 19.8. The van der Waals surface area contributed by atoms with Crippen molar-refractivity contribution in [2.45, 2.75) is 19.8 Å². The third-order valence-electron chi connectivity index (χ3n) is 4.12. The average Bonchev–Trinajstić information content (AvgIpc) is 3.03. The molecule has 146 valence electrons. The van der Waals surface area contributed by atoms with Crippen LogP contribution >= 0.6 is 11.8 Å². The second kappa shape index (κ2) is 10.1. The van der Waals surface area contributed by atoms with Crippen molar-refractivity contribution in [1.82, 2.24) is 0 Å². The first-order valence-electron chi connectivity index (χ1n) is 9.40. The molecule has 0 unspecified atom stereocenters. The molecule has 0 atom stereocenters. The van der Waals surface area contributed by atoms with Crippen molar-refractivity contribution < 1.29 is 14.6 Å². The fraction of sp³-hybridized carbons (Fsp3) is 0.273. The van der Waals surface area contributed by atoms with E-state index in [9.17, 15) is 4.79 Å². The lowest BCUT2D eigenvalue weighted by Gasteiger charge is -2.15. The maximum absolute atomic E-state index is 13.1. The Hall–Kier alpha value is -2.57. The van der Waals surface area contributed by atoms with Gasteiger partial charge in [-0.25, -0.2) is 0 Å². The second-order valence-electron chi connectivity index (χ2n) is 6.25. The molecule has 0 bridgehead atoms. The fourth-order valence-electron chi connectivity index (χ4n) is 2.69. The van der Waals surface area contributed by atoms with E-state index in [0.29, 0.717) is 17.2 Å². The van der Waals surface area contributed by atoms with Gasteiger partial charge in [0.15, 0.2) is 5.17 Å². The van der Waals surface area contributed by atoms with E-state index in [0.717, 1.165) is 29.3 Å². The van der Waals surface area contributed by atoms with E-state index in [-0.39, 0.29) is 19.1 Å². The molecule has 2 aromatic carbocycles. The highest BCUT2D eigenvalue weighted by Gasteiger charge is 2.34. The van der Waals surface area contributed by atoms with Gasteiger partial charge in [-0.15, -0.1) is 0 Å². The summed E-state index contributed by atoms with van der Waals surface area (Å²) >= 11 is 1.41. The van der Waals surface area contributed by atoms with Crippen LogP contribution in [-0.4, -0.2) is 35.9 Å². The van der Waals surface area contributed by atoms with Gasteiger partial charge < -0.3 is 9.84 Å². The Morgan fingerprint density at radius 3 is 2.57 bits per heavy atom. The van der Waals surface area contributed by atoms with Gasteiger partial charge in [0.2, 0.25) is 0 Å². The summed E-state index contributed by atoms with van der Waals surface area (Å²) in [5.41, 5.74) is 1.74.